The van der Waals surface area contributed by atoms with Crippen molar-refractivity contribution in [3.05, 3.63) is 11.6 Å². The second-order valence-electron chi connectivity index (χ2n) is 2.15. The smallest absolute Gasteiger partial charge is 0.0283 e. The van der Waals surface area contributed by atoms with E-state index in [1.165, 1.54) is 25.7 Å². The molecule has 0 N–H and O–H groups in total. The van der Waals surface area contributed by atoms with Gasteiger partial charge in [0, 0.05) is 0 Å². The van der Waals surface area contributed by atoms with E-state index in [0.29, 0.717) is 0 Å². The SMILES string of the molecule is CCCC=C1CC1. The fourth-order valence-electron chi connectivity index (χ4n) is 0.625. The van der Waals surface area contributed by atoms with Crippen molar-refractivity contribution < 1.29 is 0 Å². The highest BCUT2D eigenvalue weighted by atomic mass is 14.1. The van der Waals surface area contributed by atoms with Crippen LogP contribution in [0.1, 0.15) is 32.6 Å². The van der Waals surface area contributed by atoms with E-state index in [4.69, 9.17) is 0 Å². The Hall–Kier alpha value is -0.260. The minimum absolute atomic E-state index is 1.30. The van der Waals surface area contributed by atoms with Gasteiger partial charge in [-0.15, -0.1) is 0 Å². The molecule has 0 heterocycles. The first-order valence-corrected chi connectivity index (χ1v) is 3.11. The molecule has 0 amide bonds. The molecule has 0 aromatic carbocycles. The molecule has 0 heteroatoms. The minimum Gasteiger partial charge on any atom is -0.0853 e. The molecule has 0 unspecified atom stereocenters. The maximum Gasteiger partial charge on any atom is -0.0283 e. The number of hydrogen-bond donors (Lipinski definition) is 0. The fourth-order valence-corrected chi connectivity index (χ4v) is 0.625. The molecule has 7 heavy (non-hydrogen) atoms. The molecule has 1 fully saturated rings. The van der Waals surface area contributed by atoms with Gasteiger partial charge in [0.2, 0.25) is 0 Å². The Morgan fingerprint density at radius 3 is 2.71 bits per heavy atom. The van der Waals surface area contributed by atoms with Gasteiger partial charge in [0.1, 0.15) is 0 Å². The molecule has 1 rings (SSSR count). The van der Waals surface area contributed by atoms with Crippen LogP contribution in [0.15, 0.2) is 11.6 Å². The molecule has 0 nitrogen and oxygen atoms in total. The molecule has 0 aromatic heterocycles. The summed E-state index contributed by atoms with van der Waals surface area (Å²) in [7, 11) is 0. The van der Waals surface area contributed by atoms with Crippen molar-refractivity contribution in [1.29, 1.82) is 0 Å². The van der Waals surface area contributed by atoms with Crippen LogP contribution in [0.4, 0.5) is 0 Å². The van der Waals surface area contributed by atoms with Crippen LogP contribution in [-0.4, -0.2) is 0 Å². The summed E-state index contributed by atoms with van der Waals surface area (Å²) in [5, 5.41) is 0. The van der Waals surface area contributed by atoms with Gasteiger partial charge in [-0.3, -0.25) is 0 Å². The van der Waals surface area contributed by atoms with E-state index in [0.717, 1.165) is 0 Å². The molecule has 0 aromatic rings. The van der Waals surface area contributed by atoms with Gasteiger partial charge in [0.15, 0.2) is 0 Å². The number of hydrogen-bond acceptors (Lipinski definition) is 0. The topological polar surface area (TPSA) is 0 Å². The third-order valence-corrected chi connectivity index (χ3v) is 1.26. The van der Waals surface area contributed by atoms with Gasteiger partial charge >= 0.3 is 0 Å². The molecule has 1 aliphatic rings. The average molecular weight is 96.2 g/mol. The van der Waals surface area contributed by atoms with Gasteiger partial charge in [-0.05, 0) is 19.3 Å². The second kappa shape index (κ2) is 2.15. The van der Waals surface area contributed by atoms with Crippen LogP contribution in [-0.2, 0) is 0 Å². The summed E-state index contributed by atoms with van der Waals surface area (Å²) in [5.74, 6) is 0. The average Bonchev–Trinajstić information content (AvgIpc) is 2.42. The van der Waals surface area contributed by atoms with Crippen molar-refractivity contribution in [2.75, 3.05) is 0 Å². The molecule has 40 valence electrons. The zero-order valence-corrected chi connectivity index (χ0v) is 4.91. The lowest BCUT2D eigenvalue weighted by atomic mass is 10.3. The summed E-state index contributed by atoms with van der Waals surface area (Å²) >= 11 is 0. The predicted molar refractivity (Wildman–Crippen MR) is 32.2 cm³/mol. The van der Waals surface area contributed by atoms with E-state index in [2.05, 4.69) is 13.0 Å². The highest BCUT2D eigenvalue weighted by Crippen LogP contribution is 2.27. The molecule has 1 saturated carbocycles. The van der Waals surface area contributed by atoms with Gasteiger partial charge < -0.3 is 0 Å². The number of allylic oxidation sites excluding steroid dienone is 2. The predicted octanol–water partition coefficient (Wildman–Crippen LogP) is 2.51. The second-order valence-corrected chi connectivity index (χ2v) is 2.15. The molecule has 0 saturated heterocycles. The lowest BCUT2D eigenvalue weighted by molar-refractivity contribution is 0.956. The van der Waals surface area contributed by atoms with E-state index in [-0.39, 0.29) is 0 Å². The maximum absolute atomic E-state index is 2.38. The van der Waals surface area contributed by atoms with Crippen molar-refractivity contribution in [3.8, 4) is 0 Å². The molecule has 1 aliphatic carbocycles. The minimum atomic E-state index is 1.30. The molecule has 0 radical (unpaired) electrons. The first kappa shape index (κ1) is 4.89. The molecular formula is C7H12. The summed E-state index contributed by atoms with van der Waals surface area (Å²) < 4.78 is 0. The molecule has 0 spiro atoms. The van der Waals surface area contributed by atoms with E-state index < -0.39 is 0 Å². The van der Waals surface area contributed by atoms with Crippen LogP contribution in [0.3, 0.4) is 0 Å². The summed E-state index contributed by atoms with van der Waals surface area (Å²) in [5.41, 5.74) is 1.68. The van der Waals surface area contributed by atoms with Crippen LogP contribution in [0, 0.1) is 0 Å². The summed E-state index contributed by atoms with van der Waals surface area (Å²) in [6.07, 6.45) is 7.76. The normalized spacial score (nSPS) is 17.0. The van der Waals surface area contributed by atoms with Crippen LogP contribution < -0.4 is 0 Å². The van der Waals surface area contributed by atoms with E-state index in [9.17, 15) is 0 Å². The molecule has 0 bridgehead atoms. The maximum atomic E-state index is 2.38. The van der Waals surface area contributed by atoms with Crippen LogP contribution in [0.2, 0.25) is 0 Å². The summed E-state index contributed by atoms with van der Waals surface area (Å²) in [4.78, 5) is 0. The van der Waals surface area contributed by atoms with Gasteiger partial charge in [0.05, 0.1) is 0 Å². The van der Waals surface area contributed by atoms with Crippen molar-refractivity contribution in [2.45, 2.75) is 32.6 Å². The molecule has 0 aliphatic heterocycles. The Balaban J connectivity index is 2.07. The first-order chi connectivity index (χ1) is 3.43. The first-order valence-electron chi connectivity index (χ1n) is 3.11. The summed E-state index contributed by atoms with van der Waals surface area (Å²) in [6, 6.07) is 0. The Bertz CT molecular complexity index is 74.0. The van der Waals surface area contributed by atoms with E-state index >= 15 is 0 Å². The molecular weight excluding hydrogens is 84.1 g/mol. The number of rotatable bonds is 2. The Morgan fingerprint density at radius 2 is 2.29 bits per heavy atom. The third-order valence-electron chi connectivity index (χ3n) is 1.26. The van der Waals surface area contributed by atoms with Crippen LogP contribution >= 0.6 is 0 Å². The standard InChI is InChI=1S/C7H12/c1-2-3-4-7-5-6-7/h4H,2-3,5-6H2,1H3. The van der Waals surface area contributed by atoms with E-state index in [1.54, 1.807) is 5.57 Å². The Morgan fingerprint density at radius 1 is 1.57 bits per heavy atom. The number of unbranched alkanes of at least 4 members (excludes halogenated alkanes) is 1. The Kier molecular flexibility index (Phi) is 1.50. The largest absolute Gasteiger partial charge is 0.0853 e. The monoisotopic (exact) mass is 96.1 g/mol. The van der Waals surface area contributed by atoms with Crippen molar-refractivity contribution >= 4 is 0 Å². The summed E-state index contributed by atoms with van der Waals surface area (Å²) in [6.45, 7) is 2.22. The lowest BCUT2D eigenvalue weighted by Crippen LogP contribution is -1.57. The quantitative estimate of drug-likeness (QED) is 0.463. The van der Waals surface area contributed by atoms with E-state index in [1.807, 2.05) is 0 Å². The van der Waals surface area contributed by atoms with Gasteiger partial charge in [-0.1, -0.05) is 25.0 Å². The third kappa shape index (κ3) is 1.77. The van der Waals surface area contributed by atoms with Crippen molar-refractivity contribution in [2.24, 2.45) is 0 Å². The van der Waals surface area contributed by atoms with Gasteiger partial charge in [-0.2, -0.15) is 0 Å². The highest BCUT2D eigenvalue weighted by Gasteiger charge is 2.08. The van der Waals surface area contributed by atoms with Crippen LogP contribution in [0.25, 0.3) is 0 Å². The fraction of sp³-hybridized carbons (Fsp3) is 0.714. The molecule has 0 atom stereocenters. The van der Waals surface area contributed by atoms with Crippen LogP contribution in [0.5, 0.6) is 0 Å². The van der Waals surface area contributed by atoms with Gasteiger partial charge in [-0.25, -0.2) is 0 Å². The van der Waals surface area contributed by atoms with Crippen molar-refractivity contribution in [3.63, 3.8) is 0 Å². The zero-order valence-electron chi connectivity index (χ0n) is 4.91. The Labute approximate surface area is 45.2 Å². The van der Waals surface area contributed by atoms with Gasteiger partial charge in [0.25, 0.3) is 0 Å². The van der Waals surface area contributed by atoms with Crippen molar-refractivity contribution in [1.82, 2.24) is 0 Å². The highest BCUT2D eigenvalue weighted by molar-refractivity contribution is 5.15. The zero-order chi connectivity index (χ0) is 5.11. The lowest BCUT2D eigenvalue weighted by Gasteiger charge is -1.77.